The van der Waals surface area contributed by atoms with Gasteiger partial charge in [0.1, 0.15) is 6.61 Å². The van der Waals surface area contributed by atoms with E-state index >= 15 is 0 Å². The summed E-state index contributed by atoms with van der Waals surface area (Å²) in [6, 6.07) is 0. The topological polar surface area (TPSA) is 72.8 Å². The highest BCUT2D eigenvalue weighted by Crippen LogP contribution is 2.12. The molecule has 0 saturated carbocycles. The van der Waals surface area contributed by atoms with Gasteiger partial charge in [0.2, 0.25) is 0 Å². The Morgan fingerprint density at radius 2 is 0.769 bits per heavy atom. The van der Waals surface area contributed by atoms with Gasteiger partial charge in [-0.2, -0.15) is 0 Å². The van der Waals surface area contributed by atoms with Crippen LogP contribution in [0.15, 0.2) is 72.9 Å². The summed E-state index contributed by atoms with van der Waals surface area (Å²) in [4.78, 5) is 24.3. The third kappa shape index (κ3) is 40.1. The molecule has 1 N–H and O–H groups in total. The quantitative estimate of drug-likeness (QED) is 0.0390. The zero-order chi connectivity index (χ0) is 37.8. The van der Waals surface area contributed by atoms with E-state index in [9.17, 15) is 14.7 Å². The molecule has 0 aromatic rings. The average Bonchev–Trinajstić information content (AvgIpc) is 3.15. The molecule has 0 aliphatic heterocycles. The second kappa shape index (κ2) is 42.8. The first kappa shape index (κ1) is 49.3. The average molecular weight is 725 g/mol. The monoisotopic (exact) mass is 725 g/mol. The molecule has 5 heteroatoms. The van der Waals surface area contributed by atoms with E-state index < -0.39 is 6.10 Å². The minimum absolute atomic E-state index is 0.0815. The third-order valence-corrected chi connectivity index (χ3v) is 8.97. The largest absolute Gasteiger partial charge is 0.462 e. The number of ether oxygens (including phenoxy) is 2. The zero-order valence-electron chi connectivity index (χ0n) is 33.8. The fourth-order valence-electron chi connectivity index (χ4n) is 5.68. The molecule has 0 fully saturated rings. The molecule has 0 aromatic heterocycles. The van der Waals surface area contributed by atoms with Crippen molar-refractivity contribution in [1.29, 1.82) is 0 Å². The summed E-state index contributed by atoms with van der Waals surface area (Å²) >= 11 is 0. The van der Waals surface area contributed by atoms with Crippen molar-refractivity contribution in [3.63, 3.8) is 0 Å². The lowest BCUT2D eigenvalue weighted by Crippen LogP contribution is -2.28. The summed E-state index contributed by atoms with van der Waals surface area (Å²) in [7, 11) is 0. The van der Waals surface area contributed by atoms with Crippen molar-refractivity contribution in [2.75, 3.05) is 13.2 Å². The van der Waals surface area contributed by atoms with Gasteiger partial charge in [0.25, 0.3) is 0 Å². The molecular weight excluding hydrogens is 645 g/mol. The lowest BCUT2D eigenvalue weighted by atomic mass is 10.1. The minimum Gasteiger partial charge on any atom is -0.462 e. The van der Waals surface area contributed by atoms with E-state index in [0.717, 1.165) is 77.0 Å². The van der Waals surface area contributed by atoms with Gasteiger partial charge in [-0.25, -0.2) is 0 Å². The number of hydrogen-bond acceptors (Lipinski definition) is 5. The maximum Gasteiger partial charge on any atom is 0.306 e. The zero-order valence-corrected chi connectivity index (χ0v) is 33.8. The van der Waals surface area contributed by atoms with Crippen molar-refractivity contribution >= 4 is 11.9 Å². The summed E-state index contributed by atoms with van der Waals surface area (Å²) < 4.78 is 10.6. The molecular formula is C47H80O5. The fourth-order valence-corrected chi connectivity index (χ4v) is 5.68. The van der Waals surface area contributed by atoms with Crippen molar-refractivity contribution in [2.45, 2.75) is 200 Å². The molecule has 0 unspecified atom stereocenters. The van der Waals surface area contributed by atoms with Crippen LogP contribution in [0.4, 0.5) is 0 Å². The molecule has 0 amide bonds. The SMILES string of the molecule is CCCCC/C=C\C/C=C\C/C=C\CCCCCCCCC(=O)OC[C@H](CO)OC(=O)CCCCCCCC/C=C\C/C=C\C/C=C\CCCCC. The van der Waals surface area contributed by atoms with E-state index in [-0.39, 0.29) is 25.2 Å². The van der Waals surface area contributed by atoms with E-state index in [1.54, 1.807) is 0 Å². The van der Waals surface area contributed by atoms with Gasteiger partial charge in [-0.15, -0.1) is 0 Å². The molecule has 0 rings (SSSR count). The van der Waals surface area contributed by atoms with E-state index in [2.05, 4.69) is 86.8 Å². The second-order valence-corrected chi connectivity index (χ2v) is 14.1. The molecule has 0 aliphatic rings. The Labute approximate surface area is 321 Å². The van der Waals surface area contributed by atoms with Crippen LogP contribution in [0.25, 0.3) is 0 Å². The van der Waals surface area contributed by atoms with Crippen molar-refractivity contribution < 1.29 is 24.2 Å². The predicted molar refractivity (Wildman–Crippen MR) is 223 cm³/mol. The highest BCUT2D eigenvalue weighted by molar-refractivity contribution is 5.70. The highest BCUT2D eigenvalue weighted by Gasteiger charge is 2.16. The number of allylic oxidation sites excluding steroid dienone is 12. The number of carbonyl (C=O) groups is 2. The van der Waals surface area contributed by atoms with Gasteiger partial charge in [0.15, 0.2) is 6.10 Å². The van der Waals surface area contributed by atoms with Gasteiger partial charge >= 0.3 is 11.9 Å². The summed E-state index contributed by atoms with van der Waals surface area (Å²) in [6.45, 7) is 4.06. The lowest BCUT2D eigenvalue weighted by Gasteiger charge is -2.15. The molecule has 0 aliphatic carbocycles. The van der Waals surface area contributed by atoms with Crippen LogP contribution in [0, 0.1) is 0 Å². The van der Waals surface area contributed by atoms with Gasteiger partial charge in [-0.3, -0.25) is 9.59 Å². The molecule has 0 heterocycles. The van der Waals surface area contributed by atoms with Crippen LogP contribution in [-0.4, -0.2) is 36.4 Å². The number of carbonyl (C=O) groups excluding carboxylic acids is 2. The van der Waals surface area contributed by atoms with Gasteiger partial charge in [-0.05, 0) is 89.9 Å². The number of aliphatic hydroxyl groups is 1. The van der Waals surface area contributed by atoms with Crippen LogP contribution in [0.5, 0.6) is 0 Å². The first-order valence-electron chi connectivity index (χ1n) is 21.5. The Kier molecular flexibility index (Phi) is 40.6. The molecule has 0 saturated heterocycles. The minimum atomic E-state index is -0.788. The Bertz CT molecular complexity index is 957. The van der Waals surface area contributed by atoms with E-state index in [1.165, 1.54) is 89.9 Å². The first-order chi connectivity index (χ1) is 25.6. The molecule has 0 radical (unpaired) electrons. The molecule has 5 nitrogen and oxygen atoms in total. The summed E-state index contributed by atoms with van der Waals surface area (Å²) in [5.41, 5.74) is 0. The number of aliphatic hydroxyl groups excluding tert-OH is 1. The predicted octanol–water partition coefficient (Wildman–Crippen LogP) is 13.7. The van der Waals surface area contributed by atoms with E-state index in [4.69, 9.17) is 9.47 Å². The molecule has 0 bridgehead atoms. The Morgan fingerprint density at radius 1 is 0.442 bits per heavy atom. The Morgan fingerprint density at radius 3 is 1.15 bits per heavy atom. The highest BCUT2D eigenvalue weighted by atomic mass is 16.6. The number of esters is 2. The molecule has 0 spiro atoms. The van der Waals surface area contributed by atoms with Crippen LogP contribution in [0.1, 0.15) is 194 Å². The fraction of sp³-hybridized carbons (Fsp3) is 0.702. The van der Waals surface area contributed by atoms with Gasteiger partial charge in [0.05, 0.1) is 6.61 Å². The van der Waals surface area contributed by atoms with Crippen molar-refractivity contribution in [1.82, 2.24) is 0 Å². The maximum absolute atomic E-state index is 12.2. The van der Waals surface area contributed by atoms with Crippen molar-refractivity contribution in [2.24, 2.45) is 0 Å². The van der Waals surface area contributed by atoms with Crippen LogP contribution >= 0.6 is 0 Å². The maximum atomic E-state index is 12.2. The molecule has 298 valence electrons. The number of rotatable bonds is 38. The summed E-state index contributed by atoms with van der Waals surface area (Å²) in [5.74, 6) is -0.624. The van der Waals surface area contributed by atoms with E-state index in [0.29, 0.717) is 12.8 Å². The van der Waals surface area contributed by atoms with Gasteiger partial charge in [-0.1, -0.05) is 164 Å². The lowest BCUT2D eigenvalue weighted by molar-refractivity contribution is -0.161. The first-order valence-corrected chi connectivity index (χ1v) is 21.5. The van der Waals surface area contributed by atoms with E-state index in [1.807, 2.05) is 0 Å². The molecule has 52 heavy (non-hydrogen) atoms. The van der Waals surface area contributed by atoms with Gasteiger partial charge < -0.3 is 14.6 Å². The summed E-state index contributed by atoms with van der Waals surface area (Å²) in [6.07, 6.45) is 56.7. The van der Waals surface area contributed by atoms with Crippen molar-refractivity contribution in [3.8, 4) is 0 Å². The molecule has 0 aromatic carbocycles. The third-order valence-electron chi connectivity index (χ3n) is 8.97. The van der Waals surface area contributed by atoms with Crippen LogP contribution in [0.3, 0.4) is 0 Å². The number of hydrogen-bond donors (Lipinski definition) is 1. The Balaban J connectivity index is 3.62. The summed E-state index contributed by atoms with van der Waals surface area (Å²) in [5, 5.41) is 9.58. The second-order valence-electron chi connectivity index (χ2n) is 14.1. The van der Waals surface area contributed by atoms with Crippen LogP contribution in [-0.2, 0) is 19.1 Å². The molecule has 1 atom stereocenters. The van der Waals surface area contributed by atoms with Crippen LogP contribution < -0.4 is 0 Å². The Hall–Kier alpha value is -2.66. The normalized spacial score (nSPS) is 12.9. The van der Waals surface area contributed by atoms with Gasteiger partial charge in [0, 0.05) is 12.8 Å². The smallest absolute Gasteiger partial charge is 0.306 e. The van der Waals surface area contributed by atoms with Crippen molar-refractivity contribution in [3.05, 3.63) is 72.9 Å². The standard InChI is InChI=1S/C47H80O5/c1-3-5-7-9-11-13-15-17-19-21-23-25-27-29-31-33-35-37-39-41-46(49)51-44-45(43-48)52-47(50)42-40-38-36-34-32-30-28-26-24-22-20-18-16-14-12-10-8-6-4-2/h11-14,17-20,23-26,45,48H,3-10,15-16,21-22,27-44H2,1-2H3/b13-11-,14-12-,19-17-,20-18-,25-23-,26-24-/t45-/m0/s1. The number of unbranched alkanes of at least 4 members (excludes halogenated alkanes) is 18. The van der Waals surface area contributed by atoms with Crippen LogP contribution in [0.2, 0.25) is 0 Å².